The molecule has 1 aliphatic heterocycles. The van der Waals surface area contributed by atoms with E-state index in [-0.39, 0.29) is 12.2 Å². The van der Waals surface area contributed by atoms with Gasteiger partial charge in [0.05, 0.1) is 12.0 Å². The number of carboxylic acid groups (broad SMARTS) is 1. The highest BCUT2D eigenvalue weighted by atomic mass is 16.5. The summed E-state index contributed by atoms with van der Waals surface area (Å²) in [5.41, 5.74) is 1.74. The molecule has 0 radical (unpaired) electrons. The van der Waals surface area contributed by atoms with Crippen LogP contribution in [0.25, 0.3) is 0 Å². The van der Waals surface area contributed by atoms with Gasteiger partial charge in [0.15, 0.2) is 5.78 Å². The number of hydrogen-bond donors (Lipinski definition) is 1. The van der Waals surface area contributed by atoms with Gasteiger partial charge in [0.25, 0.3) is 0 Å². The first-order chi connectivity index (χ1) is 9.65. The van der Waals surface area contributed by atoms with E-state index in [9.17, 15) is 9.59 Å². The third-order valence-corrected chi connectivity index (χ3v) is 4.30. The van der Waals surface area contributed by atoms with Crippen LogP contribution in [0.3, 0.4) is 0 Å². The maximum atomic E-state index is 12.1. The fourth-order valence-corrected chi connectivity index (χ4v) is 3.17. The molecule has 1 aliphatic carbocycles. The molecule has 1 atom stereocenters. The predicted molar refractivity (Wildman–Crippen MR) is 73.3 cm³/mol. The Morgan fingerprint density at radius 1 is 1.20 bits per heavy atom. The minimum Gasteiger partial charge on any atom is -0.478 e. The average molecular weight is 274 g/mol. The molecule has 2 aliphatic rings. The van der Waals surface area contributed by atoms with Gasteiger partial charge in [-0.3, -0.25) is 4.79 Å². The molecule has 0 bridgehead atoms. The molecule has 1 saturated carbocycles. The number of Topliss-reactive ketones (excluding diaryl/α,β-unsaturated/α-hetero) is 1. The first-order valence-corrected chi connectivity index (χ1v) is 7.22. The molecule has 1 unspecified atom stereocenters. The Labute approximate surface area is 117 Å². The molecule has 0 amide bonds. The normalized spacial score (nSPS) is 23.0. The van der Waals surface area contributed by atoms with Crippen molar-refractivity contribution in [1.29, 1.82) is 0 Å². The highest BCUT2D eigenvalue weighted by Gasteiger charge is 2.31. The van der Waals surface area contributed by atoms with Crippen LogP contribution in [0.15, 0.2) is 18.2 Å². The topological polar surface area (TPSA) is 63.6 Å². The van der Waals surface area contributed by atoms with E-state index in [1.807, 2.05) is 12.1 Å². The van der Waals surface area contributed by atoms with Gasteiger partial charge in [-0.05, 0) is 36.5 Å². The van der Waals surface area contributed by atoms with Gasteiger partial charge in [-0.2, -0.15) is 0 Å². The van der Waals surface area contributed by atoms with E-state index in [0.29, 0.717) is 17.2 Å². The summed E-state index contributed by atoms with van der Waals surface area (Å²) in [4.78, 5) is 23.0. The zero-order valence-corrected chi connectivity index (χ0v) is 11.3. The standard InChI is InChI=1S/C16H18O4/c17-13-9-15(16(18)19)20-14-7-6-11(8-12(13)14)10-4-2-1-3-5-10/h6-8,10,15H,1-5,9H2,(H,18,19). The van der Waals surface area contributed by atoms with E-state index < -0.39 is 12.1 Å². The highest BCUT2D eigenvalue weighted by molar-refractivity contribution is 6.02. The van der Waals surface area contributed by atoms with Gasteiger partial charge in [0.2, 0.25) is 6.10 Å². The van der Waals surface area contributed by atoms with E-state index in [1.165, 1.54) is 37.7 Å². The summed E-state index contributed by atoms with van der Waals surface area (Å²) in [7, 11) is 0. The Balaban J connectivity index is 1.87. The second kappa shape index (κ2) is 5.27. The maximum Gasteiger partial charge on any atom is 0.345 e. The van der Waals surface area contributed by atoms with Crippen molar-refractivity contribution < 1.29 is 19.4 Å². The Bertz CT molecular complexity index is 543. The minimum absolute atomic E-state index is 0.0730. The van der Waals surface area contributed by atoms with Gasteiger partial charge in [-0.25, -0.2) is 4.79 Å². The first kappa shape index (κ1) is 13.2. The number of carboxylic acids is 1. The van der Waals surface area contributed by atoms with Gasteiger partial charge in [0, 0.05) is 0 Å². The fraction of sp³-hybridized carbons (Fsp3) is 0.500. The molecule has 1 aromatic carbocycles. The Kier molecular flexibility index (Phi) is 3.47. The second-order valence-electron chi connectivity index (χ2n) is 5.66. The number of carbonyl (C=O) groups excluding carboxylic acids is 1. The SMILES string of the molecule is O=C1CC(C(=O)O)Oc2ccc(C3CCCCC3)cc21. The minimum atomic E-state index is -1.08. The van der Waals surface area contributed by atoms with E-state index in [4.69, 9.17) is 9.84 Å². The number of ketones is 1. The van der Waals surface area contributed by atoms with E-state index in [0.717, 1.165) is 0 Å². The second-order valence-corrected chi connectivity index (χ2v) is 5.66. The van der Waals surface area contributed by atoms with Crippen LogP contribution < -0.4 is 4.74 Å². The van der Waals surface area contributed by atoms with Crippen LogP contribution in [0.4, 0.5) is 0 Å². The molecule has 20 heavy (non-hydrogen) atoms. The summed E-state index contributed by atoms with van der Waals surface area (Å²) >= 11 is 0. The van der Waals surface area contributed by atoms with Crippen LogP contribution in [0.5, 0.6) is 5.75 Å². The van der Waals surface area contributed by atoms with Crippen LogP contribution >= 0.6 is 0 Å². The molecule has 4 heteroatoms. The molecular weight excluding hydrogens is 256 g/mol. The zero-order chi connectivity index (χ0) is 14.1. The lowest BCUT2D eigenvalue weighted by molar-refractivity contribution is -0.145. The lowest BCUT2D eigenvalue weighted by atomic mass is 9.83. The third-order valence-electron chi connectivity index (χ3n) is 4.30. The molecule has 1 fully saturated rings. The van der Waals surface area contributed by atoms with E-state index in [1.54, 1.807) is 6.07 Å². The quantitative estimate of drug-likeness (QED) is 0.899. The number of fused-ring (bicyclic) bond motifs is 1. The van der Waals surface area contributed by atoms with Crippen LogP contribution in [0, 0.1) is 0 Å². The smallest absolute Gasteiger partial charge is 0.345 e. The summed E-state index contributed by atoms with van der Waals surface area (Å²) in [5.74, 6) is -0.274. The number of aliphatic carboxylic acids is 1. The van der Waals surface area contributed by atoms with Gasteiger partial charge in [-0.15, -0.1) is 0 Å². The first-order valence-electron chi connectivity index (χ1n) is 7.22. The average Bonchev–Trinajstić information content (AvgIpc) is 2.47. The number of ether oxygens (including phenoxy) is 1. The van der Waals surface area contributed by atoms with Crippen molar-refractivity contribution in [2.45, 2.75) is 50.5 Å². The van der Waals surface area contributed by atoms with Crippen LogP contribution in [-0.4, -0.2) is 23.0 Å². The summed E-state index contributed by atoms with van der Waals surface area (Å²) in [6.07, 6.45) is 5.01. The summed E-state index contributed by atoms with van der Waals surface area (Å²) in [5, 5.41) is 8.96. The lowest BCUT2D eigenvalue weighted by Crippen LogP contribution is -2.34. The third kappa shape index (κ3) is 2.42. The van der Waals surface area contributed by atoms with Crippen molar-refractivity contribution in [3.8, 4) is 5.75 Å². The van der Waals surface area contributed by atoms with Crippen molar-refractivity contribution in [2.24, 2.45) is 0 Å². The van der Waals surface area contributed by atoms with Crippen LogP contribution in [0.1, 0.15) is 60.4 Å². The number of rotatable bonds is 2. The number of hydrogen-bond acceptors (Lipinski definition) is 3. The molecule has 0 aromatic heterocycles. The van der Waals surface area contributed by atoms with E-state index in [2.05, 4.69) is 0 Å². The van der Waals surface area contributed by atoms with Crippen molar-refractivity contribution in [1.82, 2.24) is 0 Å². The molecule has 4 nitrogen and oxygen atoms in total. The van der Waals surface area contributed by atoms with Crippen molar-refractivity contribution in [3.63, 3.8) is 0 Å². The summed E-state index contributed by atoms with van der Waals surface area (Å²) in [6.45, 7) is 0. The Morgan fingerprint density at radius 3 is 2.65 bits per heavy atom. The number of carbonyl (C=O) groups is 2. The highest BCUT2D eigenvalue weighted by Crippen LogP contribution is 2.36. The largest absolute Gasteiger partial charge is 0.478 e. The molecular formula is C16H18O4. The molecule has 0 saturated heterocycles. The monoisotopic (exact) mass is 274 g/mol. The van der Waals surface area contributed by atoms with Crippen molar-refractivity contribution in [3.05, 3.63) is 29.3 Å². The van der Waals surface area contributed by atoms with Gasteiger partial charge < -0.3 is 9.84 Å². The molecule has 0 spiro atoms. The molecule has 3 rings (SSSR count). The molecule has 1 aromatic rings. The Morgan fingerprint density at radius 2 is 1.95 bits per heavy atom. The summed E-state index contributed by atoms with van der Waals surface area (Å²) in [6, 6.07) is 5.64. The van der Waals surface area contributed by atoms with Gasteiger partial charge >= 0.3 is 5.97 Å². The zero-order valence-electron chi connectivity index (χ0n) is 11.3. The number of benzene rings is 1. The predicted octanol–water partition coefficient (Wildman–Crippen LogP) is 3.15. The van der Waals surface area contributed by atoms with Crippen molar-refractivity contribution in [2.75, 3.05) is 0 Å². The van der Waals surface area contributed by atoms with Crippen LogP contribution in [-0.2, 0) is 4.79 Å². The summed E-state index contributed by atoms with van der Waals surface area (Å²) < 4.78 is 5.39. The Hall–Kier alpha value is -1.84. The van der Waals surface area contributed by atoms with Gasteiger partial charge in [0.1, 0.15) is 5.75 Å². The maximum absolute atomic E-state index is 12.1. The fourth-order valence-electron chi connectivity index (χ4n) is 3.17. The van der Waals surface area contributed by atoms with E-state index >= 15 is 0 Å². The van der Waals surface area contributed by atoms with Gasteiger partial charge in [-0.1, -0.05) is 25.3 Å². The lowest BCUT2D eigenvalue weighted by Gasteiger charge is -2.26. The molecule has 1 N–H and O–H groups in total. The molecule has 106 valence electrons. The molecule has 1 heterocycles. The van der Waals surface area contributed by atoms with Crippen molar-refractivity contribution >= 4 is 11.8 Å². The van der Waals surface area contributed by atoms with Crippen LogP contribution in [0.2, 0.25) is 0 Å².